The average Bonchev–Trinajstić information content (AvgIpc) is 3.22. The molecule has 3 heterocycles. The van der Waals surface area contributed by atoms with Crippen molar-refractivity contribution in [2.75, 3.05) is 18.4 Å². The fourth-order valence-corrected chi connectivity index (χ4v) is 4.56. The number of thiazole rings is 1. The number of carbonyl (C=O) groups excluding carboxylic acids is 2. The molecular formula is C23H23ClN4O2S. The highest BCUT2D eigenvalue weighted by Gasteiger charge is 2.27. The van der Waals surface area contributed by atoms with Gasteiger partial charge in [-0.25, -0.2) is 9.97 Å². The van der Waals surface area contributed by atoms with Gasteiger partial charge in [0.1, 0.15) is 5.82 Å². The number of halogens is 1. The Balaban J connectivity index is 1.25. The summed E-state index contributed by atoms with van der Waals surface area (Å²) in [5, 5.41) is 6.33. The van der Waals surface area contributed by atoms with Crippen molar-refractivity contribution in [3.63, 3.8) is 0 Å². The Kier molecular flexibility index (Phi) is 6.94. The van der Waals surface area contributed by atoms with E-state index in [0.29, 0.717) is 43.2 Å². The topological polar surface area (TPSA) is 75.2 Å². The number of carbonyl (C=O) groups is 2. The van der Waals surface area contributed by atoms with Crippen molar-refractivity contribution >= 4 is 40.6 Å². The fraction of sp³-hybridized carbons (Fsp3) is 0.304. The number of aromatic nitrogens is 2. The number of rotatable bonds is 6. The molecule has 1 N–H and O–H groups in total. The number of piperidine rings is 1. The molecule has 0 saturated carbocycles. The second-order valence-corrected chi connectivity index (χ2v) is 8.96. The highest BCUT2D eigenvalue weighted by Crippen LogP contribution is 2.21. The minimum atomic E-state index is -0.127. The van der Waals surface area contributed by atoms with Crippen molar-refractivity contribution in [1.82, 2.24) is 14.9 Å². The number of likely N-dealkylation sites (tertiary alicyclic amines) is 1. The van der Waals surface area contributed by atoms with Gasteiger partial charge < -0.3 is 10.2 Å². The average molecular weight is 455 g/mol. The molecule has 0 atom stereocenters. The van der Waals surface area contributed by atoms with Crippen molar-refractivity contribution in [2.45, 2.75) is 25.7 Å². The molecule has 1 aromatic carbocycles. The van der Waals surface area contributed by atoms with Crippen LogP contribution in [0.2, 0.25) is 5.02 Å². The first-order valence-electron chi connectivity index (χ1n) is 10.2. The minimum absolute atomic E-state index is 0.0630. The summed E-state index contributed by atoms with van der Waals surface area (Å²) >= 11 is 7.41. The summed E-state index contributed by atoms with van der Waals surface area (Å²) in [6.45, 7) is 1.15. The van der Waals surface area contributed by atoms with Gasteiger partial charge in [0.15, 0.2) is 0 Å². The molecule has 3 aromatic rings. The molecule has 31 heavy (non-hydrogen) atoms. The third kappa shape index (κ3) is 5.89. The van der Waals surface area contributed by atoms with Crippen molar-refractivity contribution < 1.29 is 9.59 Å². The largest absolute Gasteiger partial charge is 0.342 e. The number of benzene rings is 1. The quantitative estimate of drug-likeness (QED) is 0.605. The zero-order valence-corrected chi connectivity index (χ0v) is 18.5. The maximum atomic E-state index is 12.7. The first-order chi connectivity index (χ1) is 15.1. The Morgan fingerprint density at radius 2 is 1.90 bits per heavy atom. The molecule has 4 rings (SSSR count). The summed E-state index contributed by atoms with van der Waals surface area (Å²) < 4.78 is 0. The number of nitrogens with zero attached hydrogens (tertiary/aromatic N) is 3. The van der Waals surface area contributed by atoms with Crippen molar-refractivity contribution in [3.05, 3.63) is 75.3 Å². The van der Waals surface area contributed by atoms with Gasteiger partial charge in [0.05, 0.1) is 22.1 Å². The van der Waals surface area contributed by atoms with E-state index < -0.39 is 0 Å². The molecule has 0 aliphatic carbocycles. The Labute approximate surface area is 190 Å². The molecule has 1 saturated heterocycles. The Hall–Kier alpha value is -2.77. The second-order valence-electron chi connectivity index (χ2n) is 7.58. The highest BCUT2D eigenvalue weighted by atomic mass is 35.5. The Morgan fingerprint density at radius 3 is 2.61 bits per heavy atom. The van der Waals surface area contributed by atoms with Gasteiger partial charge in [-0.3, -0.25) is 9.59 Å². The number of nitrogens with one attached hydrogen (secondary N) is 1. The van der Waals surface area contributed by atoms with E-state index in [1.807, 2.05) is 28.5 Å². The summed E-state index contributed by atoms with van der Waals surface area (Å²) in [5.41, 5.74) is 2.03. The molecule has 1 fully saturated rings. The molecule has 160 valence electrons. The van der Waals surface area contributed by atoms with Crippen LogP contribution < -0.4 is 5.32 Å². The van der Waals surface area contributed by atoms with Crippen LogP contribution in [0, 0.1) is 5.92 Å². The lowest BCUT2D eigenvalue weighted by Gasteiger charge is -2.31. The predicted molar refractivity (Wildman–Crippen MR) is 122 cm³/mol. The minimum Gasteiger partial charge on any atom is -0.342 e. The van der Waals surface area contributed by atoms with E-state index in [4.69, 9.17) is 11.6 Å². The molecule has 0 spiro atoms. The smallest absolute Gasteiger partial charge is 0.228 e. The lowest BCUT2D eigenvalue weighted by atomic mass is 9.95. The van der Waals surface area contributed by atoms with E-state index in [1.54, 1.807) is 23.5 Å². The van der Waals surface area contributed by atoms with Gasteiger partial charge in [-0.2, -0.15) is 0 Å². The second kappa shape index (κ2) is 10.0. The van der Waals surface area contributed by atoms with Crippen LogP contribution in [0.5, 0.6) is 0 Å². The van der Waals surface area contributed by atoms with Crippen LogP contribution >= 0.6 is 22.9 Å². The molecular weight excluding hydrogens is 432 g/mol. The zero-order chi connectivity index (χ0) is 21.6. The Bertz CT molecular complexity index is 1030. The molecule has 6 nitrogen and oxygen atoms in total. The number of anilines is 1. The van der Waals surface area contributed by atoms with Crippen molar-refractivity contribution in [1.29, 1.82) is 0 Å². The third-order valence-corrected chi connectivity index (χ3v) is 6.45. The van der Waals surface area contributed by atoms with Gasteiger partial charge in [0, 0.05) is 37.0 Å². The Morgan fingerprint density at radius 1 is 1.13 bits per heavy atom. The van der Waals surface area contributed by atoms with Crippen LogP contribution in [0.25, 0.3) is 0 Å². The molecule has 0 unspecified atom stereocenters. The van der Waals surface area contributed by atoms with Gasteiger partial charge in [-0.15, -0.1) is 11.3 Å². The normalized spacial score (nSPS) is 14.4. The zero-order valence-electron chi connectivity index (χ0n) is 17.0. The lowest BCUT2D eigenvalue weighted by molar-refractivity contribution is -0.133. The monoisotopic (exact) mass is 454 g/mol. The number of pyridine rings is 1. The molecule has 8 heteroatoms. The van der Waals surface area contributed by atoms with Crippen LogP contribution in [0.15, 0.2) is 54.0 Å². The molecule has 2 amide bonds. The van der Waals surface area contributed by atoms with Crippen molar-refractivity contribution in [2.24, 2.45) is 5.92 Å². The van der Waals surface area contributed by atoms with E-state index >= 15 is 0 Å². The number of hydrogen-bond donors (Lipinski definition) is 1. The van der Waals surface area contributed by atoms with Crippen LogP contribution in [0.4, 0.5) is 5.82 Å². The number of hydrogen-bond acceptors (Lipinski definition) is 5. The van der Waals surface area contributed by atoms with E-state index in [1.165, 1.54) is 11.8 Å². The predicted octanol–water partition coefficient (Wildman–Crippen LogP) is 4.20. The van der Waals surface area contributed by atoms with Gasteiger partial charge >= 0.3 is 0 Å². The van der Waals surface area contributed by atoms with Crippen LogP contribution in [0.1, 0.15) is 29.1 Å². The van der Waals surface area contributed by atoms with E-state index in [-0.39, 0.29) is 17.7 Å². The first-order valence-corrected chi connectivity index (χ1v) is 11.5. The highest BCUT2D eigenvalue weighted by molar-refractivity contribution is 7.09. The van der Waals surface area contributed by atoms with E-state index in [2.05, 4.69) is 27.4 Å². The van der Waals surface area contributed by atoms with Gasteiger partial charge in [0.25, 0.3) is 0 Å². The van der Waals surface area contributed by atoms with Gasteiger partial charge in [0.2, 0.25) is 11.8 Å². The maximum absolute atomic E-state index is 12.7. The summed E-state index contributed by atoms with van der Waals surface area (Å²) in [5.74, 6) is 0.364. The maximum Gasteiger partial charge on any atom is 0.228 e. The molecule has 1 aliphatic rings. The molecule has 2 aromatic heterocycles. The third-order valence-electron chi connectivity index (χ3n) is 5.33. The summed E-state index contributed by atoms with van der Waals surface area (Å²) in [6, 6.07) is 13.6. The summed E-state index contributed by atoms with van der Waals surface area (Å²) in [6.07, 6.45) is 3.87. The first kappa shape index (κ1) is 21.5. The summed E-state index contributed by atoms with van der Waals surface area (Å²) in [4.78, 5) is 35.7. The fourth-order valence-electron chi connectivity index (χ4n) is 3.62. The molecule has 0 bridgehead atoms. The van der Waals surface area contributed by atoms with Gasteiger partial charge in [-0.05, 0) is 30.5 Å². The van der Waals surface area contributed by atoms with Crippen molar-refractivity contribution in [3.8, 4) is 0 Å². The van der Waals surface area contributed by atoms with Crippen LogP contribution in [-0.4, -0.2) is 39.8 Å². The van der Waals surface area contributed by atoms with Gasteiger partial charge in [-0.1, -0.05) is 41.9 Å². The molecule has 1 aliphatic heterocycles. The molecule has 0 radical (unpaired) electrons. The van der Waals surface area contributed by atoms with E-state index in [0.717, 1.165) is 17.1 Å². The van der Waals surface area contributed by atoms with Crippen LogP contribution in [-0.2, 0) is 22.4 Å². The standard InChI is InChI=1S/C23H23ClN4O2S/c24-18-6-7-20(25-14-18)27-23(30)17-8-10-28(11-9-17)22(29)13-19-15-31-21(26-19)12-16-4-2-1-3-5-16/h1-7,14-15,17H,8-13H2,(H,25,27,30). The van der Waals surface area contributed by atoms with E-state index in [9.17, 15) is 9.59 Å². The van der Waals surface area contributed by atoms with Crippen LogP contribution in [0.3, 0.4) is 0 Å². The number of amides is 2. The lowest BCUT2D eigenvalue weighted by Crippen LogP contribution is -2.42. The SMILES string of the molecule is O=C(Nc1ccc(Cl)cn1)C1CCN(C(=O)Cc2csc(Cc3ccccc3)n2)CC1. The summed E-state index contributed by atoms with van der Waals surface area (Å²) in [7, 11) is 0.